The van der Waals surface area contributed by atoms with E-state index in [1.54, 1.807) is 25.1 Å². The van der Waals surface area contributed by atoms with E-state index >= 15 is 0 Å². The molecule has 0 aromatic heterocycles. The first-order chi connectivity index (χ1) is 10.6. The minimum absolute atomic E-state index is 0.270. The van der Waals surface area contributed by atoms with E-state index in [4.69, 9.17) is 23.2 Å². The summed E-state index contributed by atoms with van der Waals surface area (Å²) in [5, 5.41) is 3.27. The highest BCUT2D eigenvalue weighted by Crippen LogP contribution is 2.69. The lowest BCUT2D eigenvalue weighted by molar-refractivity contribution is -0.147. The summed E-state index contributed by atoms with van der Waals surface area (Å²) >= 11 is 12.2. The maximum Gasteiger partial charge on any atom is 0.239 e. The van der Waals surface area contributed by atoms with Crippen molar-refractivity contribution in [2.24, 2.45) is 16.2 Å². The fourth-order valence-electron chi connectivity index (χ4n) is 4.11. The van der Waals surface area contributed by atoms with Crippen LogP contribution >= 0.6 is 23.2 Å². The summed E-state index contributed by atoms with van der Waals surface area (Å²) in [5.74, 6) is -1.55. The monoisotopic (exact) mass is 353 g/mol. The summed E-state index contributed by atoms with van der Waals surface area (Å²) < 4.78 is 0. The van der Waals surface area contributed by atoms with Gasteiger partial charge in [0.1, 0.15) is 5.41 Å². The molecule has 1 aromatic rings. The van der Waals surface area contributed by atoms with Gasteiger partial charge in [-0.1, -0.05) is 50.0 Å². The Kier molecular flexibility index (Phi) is 3.44. The number of nitrogens with one attached hydrogen (secondary N) is 1. The van der Waals surface area contributed by atoms with Crippen LogP contribution in [0.5, 0.6) is 0 Å². The van der Waals surface area contributed by atoms with Crippen molar-refractivity contribution < 1.29 is 14.4 Å². The van der Waals surface area contributed by atoms with Crippen molar-refractivity contribution in [2.75, 3.05) is 5.32 Å². The van der Waals surface area contributed by atoms with Crippen LogP contribution in [0, 0.1) is 16.2 Å². The zero-order chi connectivity index (χ0) is 17.2. The van der Waals surface area contributed by atoms with Gasteiger partial charge in [-0.05, 0) is 30.4 Å². The molecule has 2 unspecified atom stereocenters. The Bertz CT molecular complexity index is 738. The van der Waals surface area contributed by atoms with Gasteiger partial charge in [-0.25, -0.2) is 0 Å². The molecular formula is C17H17Cl2NO3. The van der Waals surface area contributed by atoms with E-state index in [-0.39, 0.29) is 15.7 Å². The fraction of sp³-hybridized carbons (Fsp3) is 0.471. The second kappa shape index (κ2) is 4.81. The van der Waals surface area contributed by atoms with Crippen LogP contribution in [0.15, 0.2) is 18.2 Å². The van der Waals surface area contributed by atoms with E-state index in [0.717, 1.165) is 0 Å². The Balaban J connectivity index is 2.06. The maximum atomic E-state index is 13.0. The van der Waals surface area contributed by atoms with Crippen molar-refractivity contribution in [1.29, 1.82) is 0 Å². The highest BCUT2D eigenvalue weighted by molar-refractivity contribution is 6.49. The number of fused-ring (bicyclic) bond motifs is 2. The first-order valence-electron chi connectivity index (χ1n) is 7.44. The summed E-state index contributed by atoms with van der Waals surface area (Å²) in [6, 6.07) is 4.87. The van der Waals surface area contributed by atoms with Crippen molar-refractivity contribution in [2.45, 2.75) is 33.6 Å². The normalized spacial score (nSPS) is 31.5. The Hall–Kier alpha value is -1.39. The highest BCUT2D eigenvalue weighted by atomic mass is 35.5. The molecule has 2 aliphatic rings. The van der Waals surface area contributed by atoms with Crippen LogP contribution in [0.2, 0.25) is 10.0 Å². The Morgan fingerprint density at radius 3 is 2.09 bits per heavy atom. The maximum absolute atomic E-state index is 13.0. The van der Waals surface area contributed by atoms with E-state index in [2.05, 4.69) is 5.32 Å². The molecule has 2 bridgehead atoms. The van der Waals surface area contributed by atoms with Gasteiger partial charge >= 0.3 is 0 Å². The van der Waals surface area contributed by atoms with Crippen LogP contribution in [0.4, 0.5) is 5.69 Å². The van der Waals surface area contributed by atoms with Gasteiger partial charge in [0.2, 0.25) is 17.5 Å². The molecule has 4 nitrogen and oxygen atoms in total. The van der Waals surface area contributed by atoms with Gasteiger partial charge in [0.05, 0.1) is 15.7 Å². The smallest absolute Gasteiger partial charge is 0.239 e. The summed E-state index contributed by atoms with van der Waals surface area (Å²) in [7, 11) is 0. The van der Waals surface area contributed by atoms with Crippen LogP contribution in [0.3, 0.4) is 0 Å². The largest absolute Gasteiger partial charge is 0.323 e. The number of ketones is 2. The molecule has 3 rings (SSSR count). The van der Waals surface area contributed by atoms with Crippen molar-refractivity contribution in [3.05, 3.63) is 28.2 Å². The average molecular weight is 354 g/mol. The molecule has 2 aliphatic carbocycles. The zero-order valence-electron chi connectivity index (χ0n) is 13.1. The average Bonchev–Trinajstić information content (AvgIpc) is 2.75. The summed E-state index contributed by atoms with van der Waals surface area (Å²) in [6.07, 6.45) is 0.878. The standard InChI is InChI=1S/C17H17Cl2NO3/c1-15(2)16(3)7-8-17(15,13(22)12(16)21)14(23)20-11-9(18)5-4-6-10(11)19/h4-6H,7-8H2,1-3H3,(H,20,23). The SMILES string of the molecule is CC12CCC(C(=O)Nc3c(Cl)cccc3Cl)(C(=O)C1=O)C2(C)C. The lowest BCUT2D eigenvalue weighted by Gasteiger charge is -2.37. The third-order valence-corrected chi connectivity index (χ3v) is 6.76. The lowest BCUT2D eigenvalue weighted by atomic mass is 9.64. The van der Waals surface area contributed by atoms with Crippen molar-refractivity contribution in [3.8, 4) is 0 Å². The van der Waals surface area contributed by atoms with E-state index in [1.807, 2.05) is 13.8 Å². The Morgan fingerprint density at radius 2 is 1.61 bits per heavy atom. The molecule has 0 radical (unpaired) electrons. The summed E-state index contributed by atoms with van der Waals surface area (Å²) in [4.78, 5) is 38.1. The van der Waals surface area contributed by atoms with Crippen LogP contribution < -0.4 is 5.32 Å². The molecule has 122 valence electrons. The van der Waals surface area contributed by atoms with Crippen LogP contribution in [0.1, 0.15) is 33.6 Å². The van der Waals surface area contributed by atoms with Crippen LogP contribution in [-0.2, 0) is 14.4 Å². The number of carbonyl (C=O) groups excluding carboxylic acids is 3. The number of rotatable bonds is 2. The number of amides is 1. The number of benzene rings is 1. The second-order valence-corrected chi connectivity index (χ2v) is 7.89. The first kappa shape index (κ1) is 16.5. The van der Waals surface area contributed by atoms with Gasteiger partial charge in [0, 0.05) is 5.41 Å². The molecule has 1 aromatic carbocycles. The third kappa shape index (κ3) is 1.76. The number of para-hydroxylation sites is 1. The molecule has 6 heteroatoms. The number of hydrogen-bond donors (Lipinski definition) is 1. The number of Topliss-reactive ketones (excluding diaryl/α,β-unsaturated/α-hetero) is 2. The third-order valence-electron chi connectivity index (χ3n) is 6.13. The number of carbonyl (C=O) groups is 3. The second-order valence-electron chi connectivity index (χ2n) is 7.07. The van der Waals surface area contributed by atoms with Crippen molar-refractivity contribution in [1.82, 2.24) is 0 Å². The summed E-state index contributed by atoms with van der Waals surface area (Å²) in [5.41, 5.74) is -2.65. The molecule has 0 aliphatic heterocycles. The highest BCUT2D eigenvalue weighted by Gasteiger charge is 2.77. The van der Waals surface area contributed by atoms with Gasteiger partial charge in [-0.2, -0.15) is 0 Å². The number of halogens is 2. The lowest BCUT2D eigenvalue weighted by Crippen LogP contribution is -2.47. The van der Waals surface area contributed by atoms with Crippen molar-refractivity contribution >= 4 is 46.4 Å². The number of hydrogen-bond acceptors (Lipinski definition) is 3. The van der Waals surface area contributed by atoms with Gasteiger partial charge < -0.3 is 5.32 Å². The van der Waals surface area contributed by atoms with Crippen LogP contribution in [0.25, 0.3) is 0 Å². The number of anilines is 1. The molecule has 0 saturated heterocycles. The minimum Gasteiger partial charge on any atom is -0.323 e. The van der Waals surface area contributed by atoms with Gasteiger partial charge in [0.25, 0.3) is 0 Å². The molecule has 2 fully saturated rings. The topological polar surface area (TPSA) is 63.2 Å². The van der Waals surface area contributed by atoms with Crippen molar-refractivity contribution in [3.63, 3.8) is 0 Å². The molecular weight excluding hydrogens is 337 g/mol. The van der Waals surface area contributed by atoms with E-state index in [1.165, 1.54) is 0 Å². The van der Waals surface area contributed by atoms with E-state index in [0.29, 0.717) is 12.8 Å². The quantitative estimate of drug-likeness (QED) is 0.647. The van der Waals surface area contributed by atoms with Gasteiger partial charge in [-0.3, -0.25) is 14.4 Å². The molecule has 2 atom stereocenters. The molecule has 0 spiro atoms. The van der Waals surface area contributed by atoms with E-state index < -0.39 is 33.7 Å². The molecule has 2 saturated carbocycles. The van der Waals surface area contributed by atoms with Gasteiger partial charge in [0.15, 0.2) is 0 Å². The molecule has 0 heterocycles. The predicted octanol–water partition coefficient (Wildman–Crippen LogP) is 3.90. The molecule has 1 amide bonds. The Morgan fingerprint density at radius 1 is 1.04 bits per heavy atom. The molecule has 23 heavy (non-hydrogen) atoms. The summed E-state index contributed by atoms with van der Waals surface area (Å²) in [6.45, 7) is 5.41. The first-order valence-corrected chi connectivity index (χ1v) is 8.20. The zero-order valence-corrected chi connectivity index (χ0v) is 14.6. The Labute approximate surface area is 144 Å². The van der Waals surface area contributed by atoms with E-state index in [9.17, 15) is 14.4 Å². The predicted molar refractivity (Wildman–Crippen MR) is 88.7 cm³/mol. The van der Waals surface area contributed by atoms with Gasteiger partial charge in [-0.15, -0.1) is 0 Å². The fourth-order valence-corrected chi connectivity index (χ4v) is 4.60. The van der Waals surface area contributed by atoms with Crippen LogP contribution in [-0.4, -0.2) is 17.5 Å². The minimum atomic E-state index is -1.36. The molecule has 1 N–H and O–H groups in total.